The summed E-state index contributed by atoms with van der Waals surface area (Å²) < 4.78 is 5.17. The van der Waals surface area contributed by atoms with Crippen LogP contribution in [-0.2, 0) is 12.8 Å². The number of rotatable bonds is 4. The summed E-state index contributed by atoms with van der Waals surface area (Å²) >= 11 is 0. The van der Waals surface area contributed by atoms with Gasteiger partial charge in [-0.1, -0.05) is 36.4 Å². The van der Waals surface area contributed by atoms with E-state index in [1.54, 1.807) is 7.11 Å². The van der Waals surface area contributed by atoms with Gasteiger partial charge in [-0.05, 0) is 35.9 Å². The average molecular weight is 251 g/mol. The van der Waals surface area contributed by atoms with Crippen LogP contribution in [0.3, 0.4) is 0 Å². The summed E-state index contributed by atoms with van der Waals surface area (Å²) in [4.78, 5) is 3.38. The third-order valence-corrected chi connectivity index (χ3v) is 3.51. The summed E-state index contributed by atoms with van der Waals surface area (Å²) in [5, 5.41) is 2.61. The van der Waals surface area contributed by atoms with E-state index in [2.05, 4.69) is 47.6 Å². The van der Waals surface area contributed by atoms with E-state index in [0.717, 1.165) is 18.6 Å². The lowest BCUT2D eigenvalue weighted by Crippen LogP contribution is -1.92. The van der Waals surface area contributed by atoms with Crippen molar-refractivity contribution >= 4 is 10.8 Å². The first-order chi connectivity index (χ1) is 9.36. The van der Waals surface area contributed by atoms with Crippen molar-refractivity contribution in [1.29, 1.82) is 0 Å². The third kappa shape index (κ3) is 2.48. The molecule has 0 radical (unpaired) electrons. The lowest BCUT2D eigenvalue weighted by atomic mass is 10.1. The SMILES string of the molecule is COc1ccc(CCc2[nH]cc3ccccc23)cc1. The lowest BCUT2D eigenvalue weighted by Gasteiger charge is -2.03. The molecule has 96 valence electrons. The van der Waals surface area contributed by atoms with E-state index in [9.17, 15) is 0 Å². The molecule has 0 saturated heterocycles. The second kappa shape index (κ2) is 5.19. The second-order valence-electron chi connectivity index (χ2n) is 4.70. The van der Waals surface area contributed by atoms with Crippen molar-refractivity contribution in [3.63, 3.8) is 0 Å². The zero-order valence-corrected chi connectivity index (χ0v) is 11.0. The van der Waals surface area contributed by atoms with Gasteiger partial charge < -0.3 is 9.72 Å². The van der Waals surface area contributed by atoms with Gasteiger partial charge >= 0.3 is 0 Å². The topological polar surface area (TPSA) is 25.0 Å². The van der Waals surface area contributed by atoms with Gasteiger partial charge in [-0.15, -0.1) is 0 Å². The fourth-order valence-electron chi connectivity index (χ4n) is 2.41. The number of aryl methyl sites for hydroxylation is 2. The molecule has 1 heterocycles. The number of H-pyrrole nitrogens is 1. The minimum absolute atomic E-state index is 0.911. The Kier molecular flexibility index (Phi) is 3.23. The average Bonchev–Trinajstić information content (AvgIpc) is 2.89. The minimum atomic E-state index is 0.911. The highest BCUT2D eigenvalue weighted by molar-refractivity contribution is 5.85. The monoisotopic (exact) mass is 251 g/mol. The van der Waals surface area contributed by atoms with Crippen LogP contribution in [0.5, 0.6) is 5.75 Å². The molecule has 0 unspecified atom stereocenters. The first-order valence-electron chi connectivity index (χ1n) is 6.55. The molecule has 0 aliphatic rings. The zero-order valence-electron chi connectivity index (χ0n) is 11.0. The van der Waals surface area contributed by atoms with Crippen LogP contribution in [0.15, 0.2) is 54.7 Å². The van der Waals surface area contributed by atoms with Crippen molar-refractivity contribution in [3.8, 4) is 5.75 Å². The van der Waals surface area contributed by atoms with Gasteiger partial charge in [-0.25, -0.2) is 0 Å². The largest absolute Gasteiger partial charge is 0.497 e. The molecular weight excluding hydrogens is 234 g/mol. The maximum atomic E-state index is 5.17. The van der Waals surface area contributed by atoms with E-state index >= 15 is 0 Å². The zero-order chi connectivity index (χ0) is 13.1. The smallest absolute Gasteiger partial charge is 0.118 e. The Morgan fingerprint density at radius 2 is 1.74 bits per heavy atom. The maximum absolute atomic E-state index is 5.17. The molecule has 0 spiro atoms. The van der Waals surface area contributed by atoms with Crippen molar-refractivity contribution < 1.29 is 4.74 Å². The molecule has 0 saturated carbocycles. The van der Waals surface area contributed by atoms with Crippen molar-refractivity contribution in [2.45, 2.75) is 12.8 Å². The summed E-state index contributed by atoms with van der Waals surface area (Å²) in [6.07, 6.45) is 4.15. The van der Waals surface area contributed by atoms with E-state index in [-0.39, 0.29) is 0 Å². The molecule has 3 aromatic rings. The predicted octanol–water partition coefficient (Wildman–Crippen LogP) is 3.96. The molecule has 0 fully saturated rings. The summed E-state index contributed by atoms with van der Waals surface area (Å²) in [5.41, 5.74) is 2.64. The van der Waals surface area contributed by atoms with Crippen LogP contribution in [0, 0.1) is 0 Å². The number of ether oxygens (including phenoxy) is 1. The highest BCUT2D eigenvalue weighted by atomic mass is 16.5. The molecule has 0 aliphatic carbocycles. The molecule has 0 atom stereocenters. The van der Waals surface area contributed by atoms with E-state index in [0.29, 0.717) is 0 Å². The van der Waals surface area contributed by atoms with Crippen LogP contribution in [0.1, 0.15) is 11.3 Å². The van der Waals surface area contributed by atoms with Crippen LogP contribution in [0.25, 0.3) is 10.8 Å². The molecule has 0 aliphatic heterocycles. The highest BCUT2D eigenvalue weighted by Crippen LogP contribution is 2.20. The summed E-state index contributed by atoms with van der Waals surface area (Å²) in [6.45, 7) is 0. The van der Waals surface area contributed by atoms with Gasteiger partial charge in [0.25, 0.3) is 0 Å². The van der Waals surface area contributed by atoms with Crippen molar-refractivity contribution in [1.82, 2.24) is 4.98 Å². The van der Waals surface area contributed by atoms with Gasteiger partial charge in [-0.2, -0.15) is 0 Å². The number of hydrogen-bond acceptors (Lipinski definition) is 1. The van der Waals surface area contributed by atoms with Crippen molar-refractivity contribution in [3.05, 3.63) is 66.0 Å². The molecule has 2 heteroatoms. The first-order valence-corrected chi connectivity index (χ1v) is 6.55. The quantitative estimate of drug-likeness (QED) is 0.746. The number of nitrogens with one attached hydrogen (secondary N) is 1. The van der Waals surface area contributed by atoms with E-state index in [1.807, 2.05) is 12.1 Å². The Bertz CT molecular complexity index is 667. The number of methoxy groups -OCH3 is 1. The van der Waals surface area contributed by atoms with Crippen LogP contribution >= 0.6 is 0 Å². The number of aromatic nitrogens is 1. The molecule has 0 bridgehead atoms. The Morgan fingerprint density at radius 1 is 0.947 bits per heavy atom. The van der Waals surface area contributed by atoms with E-state index < -0.39 is 0 Å². The molecule has 1 aromatic heterocycles. The van der Waals surface area contributed by atoms with Gasteiger partial charge in [0.1, 0.15) is 5.75 Å². The van der Waals surface area contributed by atoms with Crippen molar-refractivity contribution in [2.24, 2.45) is 0 Å². The third-order valence-electron chi connectivity index (χ3n) is 3.51. The van der Waals surface area contributed by atoms with Crippen LogP contribution in [-0.4, -0.2) is 12.1 Å². The molecule has 0 amide bonds. The Labute approximate surface area is 113 Å². The Hall–Kier alpha value is -2.22. The molecule has 19 heavy (non-hydrogen) atoms. The van der Waals surface area contributed by atoms with Gasteiger partial charge in [0.15, 0.2) is 0 Å². The van der Waals surface area contributed by atoms with Crippen molar-refractivity contribution in [2.75, 3.05) is 7.11 Å². The van der Waals surface area contributed by atoms with E-state index in [1.165, 1.54) is 22.0 Å². The van der Waals surface area contributed by atoms with Gasteiger partial charge in [0.2, 0.25) is 0 Å². The highest BCUT2D eigenvalue weighted by Gasteiger charge is 2.03. The molecular formula is C17H17NO. The number of aromatic amines is 1. The Morgan fingerprint density at radius 3 is 2.53 bits per heavy atom. The fourth-order valence-corrected chi connectivity index (χ4v) is 2.41. The summed E-state index contributed by atoms with van der Waals surface area (Å²) in [7, 11) is 1.69. The summed E-state index contributed by atoms with van der Waals surface area (Å²) in [5.74, 6) is 0.911. The molecule has 2 nitrogen and oxygen atoms in total. The van der Waals surface area contributed by atoms with E-state index in [4.69, 9.17) is 4.74 Å². The second-order valence-corrected chi connectivity index (χ2v) is 4.70. The van der Waals surface area contributed by atoms with Gasteiger partial charge in [0, 0.05) is 17.3 Å². The fraction of sp³-hybridized carbons (Fsp3) is 0.176. The van der Waals surface area contributed by atoms with Gasteiger partial charge in [-0.3, -0.25) is 0 Å². The Balaban J connectivity index is 1.74. The maximum Gasteiger partial charge on any atom is 0.118 e. The van der Waals surface area contributed by atoms with Gasteiger partial charge in [0.05, 0.1) is 7.11 Å². The minimum Gasteiger partial charge on any atom is -0.497 e. The molecule has 1 N–H and O–H groups in total. The normalized spacial score (nSPS) is 10.8. The van der Waals surface area contributed by atoms with Crippen LogP contribution in [0.4, 0.5) is 0 Å². The van der Waals surface area contributed by atoms with Crippen LogP contribution < -0.4 is 4.74 Å². The molecule has 3 rings (SSSR count). The number of fused-ring (bicyclic) bond motifs is 1. The summed E-state index contributed by atoms with van der Waals surface area (Å²) in [6, 6.07) is 16.8. The number of benzene rings is 2. The lowest BCUT2D eigenvalue weighted by molar-refractivity contribution is 0.414. The first kappa shape index (κ1) is 11.8. The molecule has 2 aromatic carbocycles. The predicted molar refractivity (Wildman–Crippen MR) is 78.7 cm³/mol. The number of hydrogen-bond donors (Lipinski definition) is 1. The standard InChI is InChI=1S/C17H17NO/c1-19-15-9-6-13(7-10-15)8-11-17-16-5-3-2-4-14(16)12-18-17/h2-7,9-10,12,18H,8,11H2,1H3. The van der Waals surface area contributed by atoms with Crippen LogP contribution in [0.2, 0.25) is 0 Å².